The number of benzene rings is 1. The van der Waals surface area contributed by atoms with Gasteiger partial charge in [0.25, 0.3) is 0 Å². The molecule has 0 aromatic heterocycles. The van der Waals surface area contributed by atoms with Crippen LogP contribution in [0.15, 0.2) is 24.3 Å². The molecule has 0 saturated carbocycles. The highest BCUT2D eigenvalue weighted by molar-refractivity contribution is 5.98. The first-order valence-electron chi connectivity index (χ1n) is 11.0. The van der Waals surface area contributed by atoms with Gasteiger partial charge < -0.3 is 46.9 Å². The predicted molar refractivity (Wildman–Crippen MR) is 121 cm³/mol. The van der Waals surface area contributed by atoms with Crippen molar-refractivity contribution in [1.29, 1.82) is 0 Å². The Bertz CT molecular complexity index is 835. The molecule has 12 nitrogen and oxygen atoms in total. The fourth-order valence-corrected chi connectivity index (χ4v) is 3.29. The molecule has 1 fully saturated rings. The third kappa shape index (κ3) is 8.01. The number of amides is 3. The number of aliphatic hydroxyl groups excluding tert-OH is 3. The Kier molecular flexibility index (Phi) is 10.4. The topological polar surface area (TPSA) is 206 Å². The number of hydrogen-bond donors (Lipinski definition) is 7. The Balaban J connectivity index is 1.88. The van der Waals surface area contributed by atoms with Crippen molar-refractivity contribution >= 4 is 23.4 Å². The lowest BCUT2D eigenvalue weighted by atomic mass is 10.00. The largest absolute Gasteiger partial charge is 0.388 e. The van der Waals surface area contributed by atoms with E-state index in [4.69, 9.17) is 20.9 Å². The minimum Gasteiger partial charge on any atom is -0.388 e. The summed E-state index contributed by atoms with van der Waals surface area (Å²) in [5.41, 5.74) is 12.0. The van der Waals surface area contributed by atoms with E-state index in [2.05, 4.69) is 10.6 Å². The second kappa shape index (κ2) is 12.7. The number of anilines is 1. The Hall–Kier alpha value is -2.61. The van der Waals surface area contributed by atoms with Crippen LogP contribution in [0.5, 0.6) is 0 Å². The van der Waals surface area contributed by atoms with Gasteiger partial charge in [-0.3, -0.25) is 14.4 Å². The number of nitrogens with two attached hydrogens (primary N) is 2. The Morgan fingerprint density at radius 3 is 2.32 bits per heavy atom. The van der Waals surface area contributed by atoms with Gasteiger partial charge in [-0.15, -0.1) is 0 Å². The van der Waals surface area contributed by atoms with Crippen LogP contribution in [0, 0.1) is 0 Å². The molecule has 2 rings (SSSR count). The lowest BCUT2D eigenvalue weighted by Crippen LogP contribution is -2.57. The molecule has 12 heteroatoms. The molecule has 1 heterocycles. The molecule has 9 N–H and O–H groups in total. The molecule has 1 saturated heterocycles. The van der Waals surface area contributed by atoms with E-state index in [1.165, 1.54) is 6.92 Å². The van der Waals surface area contributed by atoms with Gasteiger partial charge >= 0.3 is 0 Å². The predicted octanol–water partition coefficient (Wildman–Crippen LogP) is -1.89. The van der Waals surface area contributed by atoms with Gasteiger partial charge in [-0.25, -0.2) is 0 Å². The molecular formula is C22H34N4O8. The van der Waals surface area contributed by atoms with Gasteiger partial charge in [0, 0.05) is 12.1 Å². The first-order chi connectivity index (χ1) is 16.0. The summed E-state index contributed by atoms with van der Waals surface area (Å²) >= 11 is 0. The van der Waals surface area contributed by atoms with Crippen molar-refractivity contribution in [3.8, 4) is 0 Å². The fraction of sp³-hybridized carbons (Fsp3) is 0.591. The first kappa shape index (κ1) is 27.6. The molecule has 3 amide bonds. The standard InChI is InChI=1S/C22H34N4O8/c1-11(23)20(31)26-15(7-8-16(24)27)21(32)25-14-5-3-13(4-6-14)9-10-33-22-19(30)18(29)17(28)12(2)34-22/h3-6,11-12,15,17-19,22,28-30H,7-10,23H2,1-2H3,(H2,24,27)(H,25,32)(H,26,31)/t11-,12+,15+,17-,18-,19+,22+/m1/s1. The molecule has 0 spiro atoms. The fourth-order valence-electron chi connectivity index (χ4n) is 3.29. The van der Waals surface area contributed by atoms with Crippen molar-refractivity contribution in [2.75, 3.05) is 11.9 Å². The maximum atomic E-state index is 12.6. The van der Waals surface area contributed by atoms with Crippen molar-refractivity contribution in [3.05, 3.63) is 29.8 Å². The van der Waals surface area contributed by atoms with Crippen LogP contribution in [0.3, 0.4) is 0 Å². The van der Waals surface area contributed by atoms with Crippen LogP contribution in [0.4, 0.5) is 5.69 Å². The zero-order chi connectivity index (χ0) is 25.4. The summed E-state index contributed by atoms with van der Waals surface area (Å²) in [5.74, 6) is -1.63. The molecule has 1 aliphatic rings. The summed E-state index contributed by atoms with van der Waals surface area (Å²) in [5, 5.41) is 34.7. The van der Waals surface area contributed by atoms with Gasteiger partial charge in [0.05, 0.1) is 18.8 Å². The lowest BCUT2D eigenvalue weighted by Gasteiger charge is -2.38. The van der Waals surface area contributed by atoms with Crippen LogP contribution in [0.1, 0.15) is 32.3 Å². The van der Waals surface area contributed by atoms with Gasteiger partial charge in [0.2, 0.25) is 17.7 Å². The van der Waals surface area contributed by atoms with E-state index >= 15 is 0 Å². The number of ether oxygens (including phenoxy) is 2. The van der Waals surface area contributed by atoms with E-state index in [-0.39, 0.29) is 19.4 Å². The number of nitrogens with one attached hydrogen (secondary N) is 2. The van der Waals surface area contributed by atoms with Gasteiger partial charge in [0.15, 0.2) is 6.29 Å². The molecule has 1 aliphatic heterocycles. The van der Waals surface area contributed by atoms with Crippen molar-refractivity contribution < 1.29 is 39.2 Å². The molecule has 7 atom stereocenters. The molecule has 0 bridgehead atoms. The molecule has 0 unspecified atom stereocenters. The Morgan fingerprint density at radius 2 is 1.74 bits per heavy atom. The highest BCUT2D eigenvalue weighted by Gasteiger charge is 2.42. The molecule has 1 aromatic carbocycles. The maximum absolute atomic E-state index is 12.6. The molecule has 34 heavy (non-hydrogen) atoms. The van der Waals surface area contributed by atoms with Crippen LogP contribution in [-0.2, 0) is 30.3 Å². The summed E-state index contributed by atoms with van der Waals surface area (Å²) in [6.45, 7) is 3.24. The number of carbonyl (C=O) groups excluding carboxylic acids is 3. The van der Waals surface area contributed by atoms with E-state index in [0.29, 0.717) is 12.1 Å². The summed E-state index contributed by atoms with van der Waals surface area (Å²) < 4.78 is 10.9. The highest BCUT2D eigenvalue weighted by atomic mass is 16.7. The first-order valence-corrected chi connectivity index (χ1v) is 11.0. The third-order valence-electron chi connectivity index (χ3n) is 5.43. The zero-order valence-corrected chi connectivity index (χ0v) is 19.2. The SMILES string of the molecule is C[C@@H]1O[C@H](OCCc2ccc(NC(=O)[C@H](CCC(N)=O)NC(=O)[C@@H](C)N)cc2)[C@@H](O)[C@H](O)[C@@H]1O. The molecular weight excluding hydrogens is 448 g/mol. The van der Waals surface area contributed by atoms with E-state index in [9.17, 15) is 29.7 Å². The average molecular weight is 483 g/mol. The van der Waals surface area contributed by atoms with Crippen molar-refractivity contribution in [2.24, 2.45) is 11.5 Å². The van der Waals surface area contributed by atoms with Crippen molar-refractivity contribution in [3.63, 3.8) is 0 Å². The number of aliphatic hydroxyl groups is 3. The van der Waals surface area contributed by atoms with Gasteiger partial charge in [-0.05, 0) is 44.4 Å². The summed E-state index contributed by atoms with van der Waals surface area (Å²) in [4.78, 5) is 35.6. The molecule has 1 aromatic rings. The molecule has 0 aliphatic carbocycles. The smallest absolute Gasteiger partial charge is 0.246 e. The van der Waals surface area contributed by atoms with E-state index in [0.717, 1.165) is 5.56 Å². The number of primary amides is 1. The number of carbonyl (C=O) groups is 3. The molecule has 190 valence electrons. The van der Waals surface area contributed by atoms with Gasteiger partial charge in [-0.2, -0.15) is 0 Å². The Morgan fingerprint density at radius 1 is 1.09 bits per heavy atom. The van der Waals surface area contributed by atoms with Gasteiger partial charge in [-0.1, -0.05) is 12.1 Å². The minimum atomic E-state index is -1.37. The van der Waals surface area contributed by atoms with E-state index in [1.54, 1.807) is 31.2 Å². The second-order valence-corrected chi connectivity index (χ2v) is 8.34. The van der Waals surface area contributed by atoms with Crippen LogP contribution < -0.4 is 22.1 Å². The van der Waals surface area contributed by atoms with E-state index in [1.807, 2.05) is 0 Å². The van der Waals surface area contributed by atoms with Crippen LogP contribution in [0.25, 0.3) is 0 Å². The minimum absolute atomic E-state index is 0.0362. The Labute approximate surface area is 197 Å². The van der Waals surface area contributed by atoms with Gasteiger partial charge in [0.1, 0.15) is 24.4 Å². The maximum Gasteiger partial charge on any atom is 0.246 e. The van der Waals surface area contributed by atoms with Crippen LogP contribution >= 0.6 is 0 Å². The second-order valence-electron chi connectivity index (χ2n) is 8.34. The normalized spacial score (nSPS) is 26.4. The van der Waals surface area contributed by atoms with E-state index < -0.39 is 60.5 Å². The van der Waals surface area contributed by atoms with Crippen LogP contribution in [-0.4, -0.2) is 82.4 Å². The summed E-state index contributed by atoms with van der Waals surface area (Å²) in [7, 11) is 0. The highest BCUT2D eigenvalue weighted by Crippen LogP contribution is 2.22. The number of rotatable bonds is 11. The lowest BCUT2D eigenvalue weighted by molar-refractivity contribution is -0.292. The van der Waals surface area contributed by atoms with Crippen molar-refractivity contribution in [1.82, 2.24) is 5.32 Å². The van der Waals surface area contributed by atoms with Crippen molar-refractivity contribution in [2.45, 2.75) is 75.9 Å². The monoisotopic (exact) mass is 482 g/mol. The summed E-state index contributed by atoms with van der Waals surface area (Å²) in [6.07, 6.45) is -5.25. The van der Waals surface area contributed by atoms with Crippen LogP contribution in [0.2, 0.25) is 0 Å². The zero-order valence-electron chi connectivity index (χ0n) is 19.2. The molecule has 0 radical (unpaired) electrons. The average Bonchev–Trinajstić information content (AvgIpc) is 2.79. The number of hydrogen-bond acceptors (Lipinski definition) is 9. The third-order valence-corrected chi connectivity index (χ3v) is 5.43. The quantitative estimate of drug-likeness (QED) is 0.188. The summed E-state index contributed by atoms with van der Waals surface area (Å²) in [6, 6.07) is 5.06.